The van der Waals surface area contributed by atoms with Crippen molar-refractivity contribution in [3.63, 3.8) is 0 Å². The number of carboxylic acid groups (broad SMARTS) is 1. The van der Waals surface area contributed by atoms with Gasteiger partial charge in [0.15, 0.2) is 11.0 Å². The second-order valence-corrected chi connectivity index (χ2v) is 6.17. The van der Waals surface area contributed by atoms with Gasteiger partial charge in [-0.05, 0) is 30.7 Å². The minimum Gasteiger partial charge on any atom is -0.481 e. The minimum atomic E-state index is -0.887. The molecule has 0 spiro atoms. The maximum atomic E-state index is 11.3. The van der Waals surface area contributed by atoms with Crippen LogP contribution in [0.1, 0.15) is 25.1 Å². The predicted molar refractivity (Wildman–Crippen MR) is 92.5 cm³/mol. The van der Waals surface area contributed by atoms with Gasteiger partial charge in [0.1, 0.15) is 11.7 Å². The molecule has 2 aromatic heterocycles. The third kappa shape index (κ3) is 3.13. The molecule has 3 aromatic rings. The molecule has 124 valence electrons. The fraction of sp³-hybridized carbons (Fsp3) is 0.250. The summed E-state index contributed by atoms with van der Waals surface area (Å²) >= 11 is 1.53. The van der Waals surface area contributed by atoms with Crippen molar-refractivity contribution in [2.24, 2.45) is 7.05 Å². The molecule has 1 aromatic carbocycles. The average molecular weight is 343 g/mol. The molecule has 1 unspecified atom stereocenters. The van der Waals surface area contributed by atoms with E-state index in [4.69, 9.17) is 0 Å². The number of rotatable bonds is 6. The summed E-state index contributed by atoms with van der Waals surface area (Å²) in [5.74, 6) is -0.430. The van der Waals surface area contributed by atoms with Crippen molar-refractivity contribution < 1.29 is 9.90 Å². The topological polar surface area (TPSA) is 92.9 Å². The van der Waals surface area contributed by atoms with Crippen LogP contribution < -0.4 is 5.32 Å². The molecule has 2 heterocycles. The summed E-state index contributed by atoms with van der Waals surface area (Å²) in [7, 11) is 1.79. The smallest absolute Gasteiger partial charge is 0.314 e. The summed E-state index contributed by atoms with van der Waals surface area (Å²) in [5.41, 5.74) is 1.80. The van der Waals surface area contributed by atoms with Crippen molar-refractivity contribution in [1.82, 2.24) is 19.7 Å². The summed E-state index contributed by atoms with van der Waals surface area (Å²) in [6, 6.07) is 7.70. The van der Waals surface area contributed by atoms with Crippen LogP contribution in [0.3, 0.4) is 0 Å². The molecule has 2 N–H and O–H groups in total. The van der Waals surface area contributed by atoms with Crippen LogP contribution in [0.2, 0.25) is 0 Å². The van der Waals surface area contributed by atoms with Crippen LogP contribution in [0.25, 0.3) is 11.4 Å². The summed E-state index contributed by atoms with van der Waals surface area (Å²) < 4.78 is 1.74. The Morgan fingerprint density at radius 3 is 2.67 bits per heavy atom. The van der Waals surface area contributed by atoms with Crippen molar-refractivity contribution >= 4 is 28.1 Å². The molecule has 7 nitrogen and oxygen atoms in total. The molecule has 0 saturated heterocycles. The standard InChI is InChI=1S/C16H17N5O2S/c1-3-12(15(22)23)14-20-19-13(21(14)2)10-4-6-11(7-5-10)18-16-17-8-9-24-16/h4-9,12H,3H2,1-2H3,(H,17,18)(H,22,23). The molecule has 0 aliphatic heterocycles. The lowest BCUT2D eigenvalue weighted by Crippen LogP contribution is -2.15. The quantitative estimate of drug-likeness (QED) is 0.713. The monoisotopic (exact) mass is 343 g/mol. The summed E-state index contributed by atoms with van der Waals surface area (Å²) in [4.78, 5) is 15.5. The normalized spacial score (nSPS) is 12.1. The Balaban J connectivity index is 1.84. The second kappa shape index (κ2) is 6.79. The van der Waals surface area contributed by atoms with Gasteiger partial charge in [-0.25, -0.2) is 4.98 Å². The van der Waals surface area contributed by atoms with E-state index in [0.29, 0.717) is 18.1 Å². The number of aromatic nitrogens is 4. The fourth-order valence-electron chi connectivity index (χ4n) is 2.48. The SMILES string of the molecule is CCC(C(=O)O)c1nnc(-c2ccc(Nc3nccs3)cc2)n1C. The number of hydrogen-bond acceptors (Lipinski definition) is 6. The van der Waals surface area contributed by atoms with E-state index in [0.717, 1.165) is 16.4 Å². The van der Waals surface area contributed by atoms with Gasteiger partial charge < -0.3 is 15.0 Å². The highest BCUT2D eigenvalue weighted by Gasteiger charge is 2.24. The van der Waals surface area contributed by atoms with Gasteiger partial charge in [-0.15, -0.1) is 21.5 Å². The Kier molecular flexibility index (Phi) is 4.57. The van der Waals surface area contributed by atoms with Gasteiger partial charge in [-0.2, -0.15) is 0 Å². The number of aliphatic carboxylic acids is 1. The Morgan fingerprint density at radius 1 is 1.33 bits per heavy atom. The zero-order valence-corrected chi connectivity index (χ0v) is 14.1. The van der Waals surface area contributed by atoms with Crippen LogP contribution >= 0.6 is 11.3 Å². The van der Waals surface area contributed by atoms with Gasteiger partial charge in [-0.1, -0.05) is 6.92 Å². The van der Waals surface area contributed by atoms with Crippen molar-refractivity contribution in [3.05, 3.63) is 41.7 Å². The first-order valence-electron chi connectivity index (χ1n) is 7.49. The molecule has 1 atom stereocenters. The van der Waals surface area contributed by atoms with Gasteiger partial charge in [0.25, 0.3) is 0 Å². The number of carbonyl (C=O) groups is 1. The number of nitrogens with one attached hydrogen (secondary N) is 1. The zero-order valence-electron chi connectivity index (χ0n) is 13.3. The molecular weight excluding hydrogens is 326 g/mol. The lowest BCUT2D eigenvalue weighted by molar-refractivity contribution is -0.139. The highest BCUT2D eigenvalue weighted by molar-refractivity contribution is 7.13. The van der Waals surface area contributed by atoms with Crippen LogP contribution in [0.4, 0.5) is 10.8 Å². The van der Waals surface area contributed by atoms with Gasteiger partial charge in [0.2, 0.25) is 0 Å². The number of hydrogen-bond donors (Lipinski definition) is 2. The highest BCUT2D eigenvalue weighted by atomic mass is 32.1. The molecule has 8 heteroatoms. The maximum absolute atomic E-state index is 11.3. The van der Waals surface area contributed by atoms with E-state index in [9.17, 15) is 9.90 Å². The zero-order chi connectivity index (χ0) is 17.1. The molecule has 24 heavy (non-hydrogen) atoms. The first-order valence-corrected chi connectivity index (χ1v) is 8.37. The van der Waals surface area contributed by atoms with Crippen LogP contribution in [-0.4, -0.2) is 30.8 Å². The molecule has 0 aliphatic rings. The fourth-order valence-corrected chi connectivity index (χ4v) is 3.02. The third-order valence-corrected chi connectivity index (χ3v) is 4.44. The lowest BCUT2D eigenvalue weighted by Gasteiger charge is -2.10. The van der Waals surface area contributed by atoms with Crippen molar-refractivity contribution in [1.29, 1.82) is 0 Å². The van der Waals surface area contributed by atoms with E-state index in [1.807, 2.05) is 36.6 Å². The number of benzene rings is 1. The van der Waals surface area contributed by atoms with Crippen LogP contribution in [-0.2, 0) is 11.8 Å². The summed E-state index contributed by atoms with van der Waals surface area (Å²) in [6.07, 6.45) is 2.22. The maximum Gasteiger partial charge on any atom is 0.314 e. The van der Waals surface area contributed by atoms with E-state index in [2.05, 4.69) is 20.5 Å². The molecule has 3 rings (SSSR count). The molecule has 0 amide bonds. The largest absolute Gasteiger partial charge is 0.481 e. The predicted octanol–water partition coefficient (Wildman–Crippen LogP) is 3.26. The molecule has 0 aliphatic carbocycles. The Morgan fingerprint density at radius 2 is 2.08 bits per heavy atom. The van der Waals surface area contributed by atoms with Crippen molar-refractivity contribution in [2.45, 2.75) is 19.3 Å². The number of anilines is 2. The van der Waals surface area contributed by atoms with Gasteiger partial charge in [0, 0.05) is 29.9 Å². The Bertz CT molecular complexity index is 827. The molecular formula is C16H17N5O2S. The van der Waals surface area contributed by atoms with Crippen LogP contribution in [0.5, 0.6) is 0 Å². The number of thiazole rings is 1. The Hall–Kier alpha value is -2.74. The van der Waals surface area contributed by atoms with E-state index >= 15 is 0 Å². The average Bonchev–Trinajstić information content (AvgIpc) is 3.20. The summed E-state index contributed by atoms with van der Waals surface area (Å²) in [6.45, 7) is 1.83. The van der Waals surface area contributed by atoms with E-state index in [-0.39, 0.29) is 0 Å². The molecule has 0 radical (unpaired) electrons. The molecule has 0 fully saturated rings. The summed E-state index contributed by atoms with van der Waals surface area (Å²) in [5, 5.41) is 23.5. The van der Waals surface area contributed by atoms with Gasteiger partial charge in [0.05, 0.1) is 0 Å². The highest BCUT2D eigenvalue weighted by Crippen LogP contribution is 2.25. The van der Waals surface area contributed by atoms with Gasteiger partial charge >= 0.3 is 5.97 Å². The number of nitrogens with zero attached hydrogens (tertiary/aromatic N) is 4. The van der Waals surface area contributed by atoms with E-state index in [1.54, 1.807) is 17.8 Å². The van der Waals surface area contributed by atoms with Crippen molar-refractivity contribution in [2.75, 3.05) is 5.32 Å². The Labute approximate surface area is 143 Å². The van der Waals surface area contributed by atoms with Crippen LogP contribution in [0.15, 0.2) is 35.8 Å². The van der Waals surface area contributed by atoms with Crippen LogP contribution in [0, 0.1) is 0 Å². The molecule has 0 bridgehead atoms. The first-order chi connectivity index (χ1) is 11.6. The third-order valence-electron chi connectivity index (χ3n) is 3.75. The second-order valence-electron chi connectivity index (χ2n) is 5.28. The lowest BCUT2D eigenvalue weighted by atomic mass is 10.1. The van der Waals surface area contributed by atoms with Crippen molar-refractivity contribution in [3.8, 4) is 11.4 Å². The molecule has 0 saturated carbocycles. The van der Waals surface area contributed by atoms with E-state index < -0.39 is 11.9 Å². The first kappa shape index (κ1) is 16.1. The van der Waals surface area contributed by atoms with E-state index in [1.165, 1.54) is 11.3 Å². The number of carboxylic acids is 1. The van der Waals surface area contributed by atoms with Gasteiger partial charge in [-0.3, -0.25) is 4.79 Å². The minimum absolute atomic E-state index is 0.463.